The number of ether oxygens (including phenoxy) is 3. The number of phosphoric ester groups is 2. The molecule has 0 amide bonds. The predicted octanol–water partition coefficient (Wildman–Crippen LogP) is 20.0. The molecular formula is C75H126O16P2. The molecule has 0 heterocycles. The van der Waals surface area contributed by atoms with E-state index in [-0.39, 0.29) is 19.3 Å². The van der Waals surface area contributed by atoms with Crippen molar-refractivity contribution in [3.8, 4) is 0 Å². The molecule has 0 saturated carbocycles. The summed E-state index contributed by atoms with van der Waals surface area (Å²) < 4.78 is 60.9. The van der Waals surface area contributed by atoms with Gasteiger partial charge in [-0.1, -0.05) is 238 Å². The summed E-state index contributed by atoms with van der Waals surface area (Å²) in [5, 5.41) is 20.6. The van der Waals surface area contributed by atoms with Crippen LogP contribution in [0.1, 0.15) is 265 Å². The second kappa shape index (κ2) is 67.7. The molecule has 0 aromatic rings. The Morgan fingerprint density at radius 1 is 0.312 bits per heavy atom. The minimum absolute atomic E-state index is 0.0860. The van der Waals surface area contributed by atoms with Crippen molar-refractivity contribution in [2.75, 3.05) is 39.6 Å². The number of allylic oxidation sites excluding steroid dienone is 22. The van der Waals surface area contributed by atoms with Crippen molar-refractivity contribution in [1.29, 1.82) is 0 Å². The fourth-order valence-corrected chi connectivity index (χ4v) is 10.5. The highest BCUT2D eigenvalue weighted by Crippen LogP contribution is 2.45. The molecule has 5 atom stereocenters. The Kier molecular flexibility index (Phi) is 64.5. The molecular weight excluding hydrogens is 1220 g/mol. The lowest BCUT2D eigenvalue weighted by atomic mass is 10.1. The van der Waals surface area contributed by atoms with Gasteiger partial charge in [-0.15, -0.1) is 0 Å². The molecule has 4 N–H and O–H groups in total. The minimum Gasteiger partial charge on any atom is -0.463 e. The quantitative estimate of drug-likeness (QED) is 0.0146. The molecule has 0 aliphatic heterocycles. The van der Waals surface area contributed by atoms with E-state index in [1.54, 1.807) is 0 Å². The number of hydrogen-bond donors (Lipinski definition) is 4. The molecule has 0 fully saturated rings. The Hall–Kier alpha value is -4.31. The zero-order valence-corrected chi connectivity index (χ0v) is 59.4. The number of hydrogen-bond acceptors (Lipinski definition) is 14. The van der Waals surface area contributed by atoms with Crippen LogP contribution in [0.5, 0.6) is 0 Å². The summed E-state index contributed by atoms with van der Waals surface area (Å²) in [6, 6.07) is 0. The van der Waals surface area contributed by atoms with E-state index in [0.29, 0.717) is 19.3 Å². The van der Waals surface area contributed by atoms with Crippen LogP contribution in [-0.4, -0.2) is 95.9 Å². The Bertz CT molecular complexity index is 2230. The number of unbranched alkanes of at least 4 members (excludes halogenated alkanes) is 21. The van der Waals surface area contributed by atoms with Gasteiger partial charge in [0.2, 0.25) is 0 Å². The van der Waals surface area contributed by atoms with E-state index in [1.165, 1.54) is 64.2 Å². The molecule has 0 radical (unpaired) electrons. The van der Waals surface area contributed by atoms with Crippen molar-refractivity contribution in [2.24, 2.45) is 0 Å². The summed E-state index contributed by atoms with van der Waals surface area (Å²) in [7, 11) is -9.81. The molecule has 18 heteroatoms. The summed E-state index contributed by atoms with van der Waals surface area (Å²) >= 11 is 0. The lowest BCUT2D eigenvalue weighted by molar-refractivity contribution is -0.161. The van der Waals surface area contributed by atoms with E-state index in [2.05, 4.69) is 154 Å². The van der Waals surface area contributed by atoms with Gasteiger partial charge >= 0.3 is 33.6 Å². The topological polar surface area (TPSA) is 231 Å². The maximum atomic E-state index is 12.9. The van der Waals surface area contributed by atoms with Gasteiger partial charge in [0.05, 0.1) is 26.4 Å². The normalized spacial score (nSPS) is 15.0. The molecule has 0 aliphatic rings. The van der Waals surface area contributed by atoms with Crippen molar-refractivity contribution in [3.63, 3.8) is 0 Å². The van der Waals surface area contributed by atoms with Gasteiger partial charge in [-0.2, -0.15) is 0 Å². The molecule has 0 aromatic heterocycles. The third-order valence-electron chi connectivity index (χ3n) is 14.3. The first-order chi connectivity index (χ1) is 45.2. The SMILES string of the molecule is CC/C=C\C/C=C\C/C=C\C/C=C\C/C=C\C/C=C\CCCCC(=O)OCC(O)COP(=O)(O)OCC(O)COP(=O)(O)OCC(COC(=O)CCCCCCC/C=C\C/C=C\C/C=C\C/C=C\CCCCC)OC(=O)CCCCCCC/C=C\CCCCCCCC. The van der Waals surface area contributed by atoms with Gasteiger partial charge in [-0.25, -0.2) is 9.13 Å². The highest BCUT2D eigenvalue weighted by Gasteiger charge is 2.29. The van der Waals surface area contributed by atoms with Crippen LogP contribution in [0.4, 0.5) is 0 Å². The first-order valence-electron chi connectivity index (χ1n) is 35.5. The zero-order chi connectivity index (χ0) is 68.1. The molecule has 0 bridgehead atoms. The number of carbonyl (C=O) groups is 3. The monoisotopic (exact) mass is 1340 g/mol. The number of esters is 3. The number of phosphoric acid groups is 2. The number of aliphatic hydroxyl groups is 2. The van der Waals surface area contributed by atoms with Gasteiger partial charge in [-0.3, -0.25) is 32.5 Å². The van der Waals surface area contributed by atoms with Gasteiger partial charge in [-0.05, 0) is 141 Å². The van der Waals surface area contributed by atoms with E-state index < -0.39 is 91.5 Å². The molecule has 0 spiro atoms. The Labute approximate surface area is 563 Å². The molecule has 5 unspecified atom stereocenters. The summed E-state index contributed by atoms with van der Waals surface area (Å²) in [5.74, 6) is -1.65. The number of rotatable bonds is 66. The maximum absolute atomic E-state index is 12.9. The highest BCUT2D eigenvalue weighted by atomic mass is 31.2. The Morgan fingerprint density at radius 3 is 0.957 bits per heavy atom. The van der Waals surface area contributed by atoms with E-state index in [4.69, 9.17) is 32.3 Å². The number of carbonyl (C=O) groups excluding carboxylic acids is 3. The van der Waals surface area contributed by atoms with Gasteiger partial charge in [0, 0.05) is 19.3 Å². The summed E-state index contributed by atoms with van der Waals surface area (Å²) in [4.78, 5) is 58.4. The molecule has 0 rings (SSSR count). The van der Waals surface area contributed by atoms with E-state index >= 15 is 0 Å². The average molecular weight is 1350 g/mol. The Morgan fingerprint density at radius 2 is 0.570 bits per heavy atom. The summed E-state index contributed by atoms with van der Waals surface area (Å²) in [6.07, 6.45) is 79.2. The lowest BCUT2D eigenvalue weighted by Gasteiger charge is -2.21. The van der Waals surface area contributed by atoms with E-state index in [9.17, 15) is 43.5 Å². The standard InChI is InChI=1S/C75H126O16P2/c1-4-7-10-13-16-19-22-25-28-30-32-34-36-38-41-43-46-49-52-55-58-61-73(78)85-64-70(76)65-87-92(81,82)88-66-71(77)67-89-93(83,84)90-69-72(91-75(80)63-60-57-54-51-48-45-40-27-24-21-18-15-12-9-6-3)68-86-74(79)62-59-56-53-50-47-44-42-39-37-35-33-31-29-26-23-20-17-14-11-8-5-2/h7,10,16-17,19-20,25-29,32-35,38-42,46,49,70-72,76-77H,4-6,8-9,11-15,18,21-24,30-31,36-37,43-45,47-48,50-69H2,1-3H3,(H,81,82)(H,83,84)/b10-7-,19-16-,20-17-,28-25-,29-26-,34-32-,35-33-,40-27-,41-38-,42-39-,49-46-. The van der Waals surface area contributed by atoms with Crippen LogP contribution in [0.25, 0.3) is 0 Å². The molecule has 93 heavy (non-hydrogen) atoms. The van der Waals surface area contributed by atoms with Crippen LogP contribution >= 0.6 is 15.6 Å². The second-order valence-electron chi connectivity index (χ2n) is 23.3. The van der Waals surface area contributed by atoms with Crippen LogP contribution in [-0.2, 0) is 55.8 Å². The van der Waals surface area contributed by atoms with Gasteiger partial charge in [0.1, 0.15) is 25.4 Å². The molecule has 0 saturated heterocycles. The van der Waals surface area contributed by atoms with Crippen LogP contribution in [0.2, 0.25) is 0 Å². The molecule has 0 aromatic carbocycles. The number of aliphatic hydroxyl groups excluding tert-OH is 2. The average Bonchev–Trinajstić information content (AvgIpc) is 3.71. The predicted molar refractivity (Wildman–Crippen MR) is 380 cm³/mol. The van der Waals surface area contributed by atoms with Gasteiger partial charge < -0.3 is 34.2 Å². The summed E-state index contributed by atoms with van der Waals surface area (Å²) in [5.41, 5.74) is 0. The Balaban J connectivity index is 4.74. The molecule has 16 nitrogen and oxygen atoms in total. The largest absolute Gasteiger partial charge is 0.472 e. The van der Waals surface area contributed by atoms with Crippen LogP contribution < -0.4 is 0 Å². The summed E-state index contributed by atoms with van der Waals surface area (Å²) in [6.45, 7) is 2.43. The smallest absolute Gasteiger partial charge is 0.463 e. The fourth-order valence-electron chi connectivity index (χ4n) is 8.90. The maximum Gasteiger partial charge on any atom is 0.472 e. The van der Waals surface area contributed by atoms with Crippen molar-refractivity contribution < 1.29 is 75.8 Å². The first-order valence-corrected chi connectivity index (χ1v) is 38.5. The lowest BCUT2D eigenvalue weighted by Crippen LogP contribution is -2.30. The van der Waals surface area contributed by atoms with Crippen molar-refractivity contribution in [2.45, 2.75) is 283 Å². The van der Waals surface area contributed by atoms with Crippen LogP contribution in [0, 0.1) is 0 Å². The van der Waals surface area contributed by atoms with Gasteiger partial charge in [0.25, 0.3) is 0 Å². The first kappa shape index (κ1) is 88.7. The zero-order valence-electron chi connectivity index (χ0n) is 57.6. The van der Waals surface area contributed by atoms with E-state index in [1.807, 2.05) is 0 Å². The third kappa shape index (κ3) is 68.9. The minimum atomic E-state index is -4.94. The van der Waals surface area contributed by atoms with Crippen LogP contribution in [0.3, 0.4) is 0 Å². The van der Waals surface area contributed by atoms with Crippen LogP contribution in [0.15, 0.2) is 134 Å². The fraction of sp³-hybridized carbons (Fsp3) is 0.667. The third-order valence-corrected chi connectivity index (χ3v) is 16.2. The second-order valence-corrected chi connectivity index (χ2v) is 26.2. The highest BCUT2D eigenvalue weighted by molar-refractivity contribution is 7.47. The molecule has 0 aliphatic carbocycles. The van der Waals surface area contributed by atoms with Crippen molar-refractivity contribution >= 4 is 33.6 Å². The van der Waals surface area contributed by atoms with Crippen molar-refractivity contribution in [1.82, 2.24) is 0 Å². The molecule has 532 valence electrons. The van der Waals surface area contributed by atoms with Crippen molar-refractivity contribution in [3.05, 3.63) is 134 Å². The van der Waals surface area contributed by atoms with Gasteiger partial charge in [0.15, 0.2) is 6.10 Å². The van der Waals surface area contributed by atoms with E-state index in [0.717, 1.165) is 141 Å².